The minimum atomic E-state index is -3.72. The molecule has 0 aliphatic rings. The maximum Gasteiger partial charge on any atom is 0.352 e. The van der Waals surface area contributed by atoms with Gasteiger partial charge in [0, 0.05) is 72.7 Å². The topological polar surface area (TPSA) is 96.3 Å². The Morgan fingerprint density at radius 1 is 1.50 bits per heavy atom. The first-order valence-electron chi connectivity index (χ1n) is 2.91. The van der Waals surface area contributed by atoms with Gasteiger partial charge in [-0.25, -0.2) is 4.89 Å². The summed E-state index contributed by atoms with van der Waals surface area (Å²) in [5.41, 5.74) is 0. The third-order valence-corrected chi connectivity index (χ3v) is 1.11. The third kappa shape index (κ3) is 13.5. The number of nitrogens with zero attached hydrogens (tertiary/aromatic N) is 1. The minimum absolute atomic E-state index is 0. The zero-order valence-electron chi connectivity index (χ0n) is 8.63. The summed E-state index contributed by atoms with van der Waals surface area (Å²) in [5.74, 6) is -0.664. The van der Waals surface area contributed by atoms with E-state index in [-0.39, 0.29) is 64.2 Å². The van der Waals surface area contributed by atoms with Crippen molar-refractivity contribution in [3.8, 4) is 0 Å². The Morgan fingerprint density at radius 2 is 1.93 bits per heavy atom. The summed E-state index contributed by atoms with van der Waals surface area (Å²) in [5, 5.41) is 8.82. The molecule has 1 unspecified atom stereocenters. The molecule has 7 nitrogen and oxygen atoms in total. The van der Waals surface area contributed by atoms with Crippen LogP contribution in [0.15, 0.2) is 0 Å². The molecule has 0 bridgehead atoms. The van der Waals surface area contributed by atoms with Crippen LogP contribution in [0.25, 0.3) is 0 Å². The van der Waals surface area contributed by atoms with Crippen LogP contribution in [-0.4, -0.2) is 93.6 Å². The van der Waals surface area contributed by atoms with Crippen molar-refractivity contribution in [1.82, 2.24) is 5.06 Å². The van der Waals surface area contributed by atoms with Crippen LogP contribution in [0.1, 0.15) is 6.92 Å². The van der Waals surface area contributed by atoms with Crippen LogP contribution in [0.2, 0.25) is 0 Å². The first kappa shape index (κ1) is 20.9. The van der Waals surface area contributed by atoms with Crippen molar-refractivity contribution in [1.29, 1.82) is 0 Å². The van der Waals surface area contributed by atoms with Crippen LogP contribution in [0.3, 0.4) is 0 Å². The van der Waals surface area contributed by atoms with Crippen LogP contribution < -0.4 is 0 Å². The van der Waals surface area contributed by atoms with Gasteiger partial charge in [-0.15, -0.1) is 4.67 Å². The Balaban J connectivity index is -0.000000605. The fourth-order valence-corrected chi connectivity index (χ4v) is 0.505. The molecule has 0 aromatic rings. The van der Waals surface area contributed by atoms with Gasteiger partial charge in [-0.3, -0.25) is 14.6 Å². The fraction of sp³-hybridized carbons (Fsp3) is 0.750. The standard InChI is InChI=1S/C4H10NO6P.2Na/c1-4(6)5(7)3-10-11-12(2,8)9;;/h7H,3H2,1-2H3,(H,8,9);;. The van der Waals surface area contributed by atoms with Crippen molar-refractivity contribution >= 4 is 72.6 Å². The molecule has 0 aromatic carbocycles. The van der Waals surface area contributed by atoms with Crippen molar-refractivity contribution in [3.05, 3.63) is 0 Å². The third-order valence-electron chi connectivity index (χ3n) is 0.729. The van der Waals surface area contributed by atoms with E-state index in [0.29, 0.717) is 0 Å². The van der Waals surface area contributed by atoms with Gasteiger partial charge in [0.25, 0.3) is 0 Å². The van der Waals surface area contributed by atoms with Crippen LogP contribution in [0.5, 0.6) is 0 Å². The monoisotopic (exact) mass is 245 g/mol. The number of hydrogen-bond acceptors (Lipinski definition) is 5. The number of carbonyl (C=O) groups is 1. The molecule has 0 saturated carbocycles. The van der Waals surface area contributed by atoms with Crippen LogP contribution in [0, 0.1) is 0 Å². The molecular weight excluding hydrogens is 235 g/mol. The molecule has 0 rings (SSSR count). The zero-order chi connectivity index (χ0) is 9.78. The molecule has 1 atom stereocenters. The van der Waals surface area contributed by atoms with Crippen molar-refractivity contribution in [3.63, 3.8) is 0 Å². The number of hydrogen-bond donors (Lipinski definition) is 2. The van der Waals surface area contributed by atoms with Gasteiger partial charge in [0.05, 0.1) is 0 Å². The predicted octanol–water partition coefficient (Wildman–Crippen LogP) is -0.817. The number of amides is 1. The quantitative estimate of drug-likeness (QED) is 0.168. The summed E-state index contributed by atoms with van der Waals surface area (Å²) in [4.78, 5) is 22.9. The molecule has 0 fully saturated rings. The van der Waals surface area contributed by atoms with E-state index < -0.39 is 20.2 Å². The summed E-state index contributed by atoms with van der Waals surface area (Å²) in [6.07, 6.45) is 0. The second kappa shape index (κ2) is 9.74. The summed E-state index contributed by atoms with van der Waals surface area (Å²) in [6.45, 7) is 1.38. The van der Waals surface area contributed by atoms with Gasteiger partial charge in [0.15, 0.2) is 6.73 Å². The molecular formula is C4H10NNa2O6P. The minimum Gasteiger partial charge on any atom is -0.323 e. The molecule has 0 heterocycles. The van der Waals surface area contributed by atoms with E-state index in [0.717, 1.165) is 13.6 Å². The molecule has 74 valence electrons. The van der Waals surface area contributed by atoms with Crippen LogP contribution in [-0.2, 0) is 18.9 Å². The van der Waals surface area contributed by atoms with Crippen molar-refractivity contribution in [2.45, 2.75) is 6.92 Å². The molecule has 1 amide bonds. The van der Waals surface area contributed by atoms with Gasteiger partial charge in [0.1, 0.15) is 0 Å². The first-order chi connectivity index (χ1) is 5.33. The van der Waals surface area contributed by atoms with E-state index in [1.165, 1.54) is 0 Å². The van der Waals surface area contributed by atoms with E-state index in [1.807, 2.05) is 0 Å². The Morgan fingerprint density at radius 3 is 2.21 bits per heavy atom. The number of rotatable bonds is 4. The van der Waals surface area contributed by atoms with Gasteiger partial charge in [-0.2, -0.15) is 5.06 Å². The van der Waals surface area contributed by atoms with Gasteiger partial charge < -0.3 is 4.89 Å². The Labute approximate surface area is 126 Å². The average molecular weight is 245 g/mol. The smallest absolute Gasteiger partial charge is 0.323 e. The van der Waals surface area contributed by atoms with Crippen molar-refractivity contribution in [2.24, 2.45) is 0 Å². The molecule has 0 spiro atoms. The van der Waals surface area contributed by atoms with E-state index in [4.69, 9.17) is 10.1 Å². The Bertz CT molecular complexity index is 208. The Kier molecular flexibility index (Phi) is 14.5. The molecule has 10 heteroatoms. The summed E-state index contributed by atoms with van der Waals surface area (Å²) in [7, 11) is -3.72. The summed E-state index contributed by atoms with van der Waals surface area (Å²) < 4.78 is 14.3. The van der Waals surface area contributed by atoms with E-state index in [1.54, 1.807) is 0 Å². The van der Waals surface area contributed by atoms with E-state index >= 15 is 0 Å². The maximum atomic E-state index is 10.4. The number of carbonyl (C=O) groups excluding carboxylic acids is 1. The van der Waals surface area contributed by atoms with E-state index in [9.17, 15) is 9.36 Å². The fourth-order valence-electron chi connectivity index (χ4n) is 0.262. The average Bonchev–Trinajstić information content (AvgIpc) is 1.84. The van der Waals surface area contributed by atoms with E-state index in [2.05, 4.69) is 9.56 Å². The summed E-state index contributed by atoms with van der Waals surface area (Å²) in [6, 6.07) is 0. The molecule has 0 aliphatic carbocycles. The van der Waals surface area contributed by atoms with Gasteiger partial charge in [-0.1, -0.05) is 0 Å². The molecule has 0 aliphatic heterocycles. The predicted molar refractivity (Wildman–Crippen MR) is 48.6 cm³/mol. The molecule has 0 saturated heterocycles. The molecule has 2 radical (unpaired) electrons. The number of hydroxylamine groups is 2. The van der Waals surface area contributed by atoms with Gasteiger partial charge in [-0.05, 0) is 0 Å². The van der Waals surface area contributed by atoms with Crippen molar-refractivity contribution < 1.29 is 29.0 Å². The van der Waals surface area contributed by atoms with Crippen LogP contribution >= 0.6 is 7.60 Å². The van der Waals surface area contributed by atoms with Crippen LogP contribution in [0.4, 0.5) is 0 Å². The van der Waals surface area contributed by atoms with Crippen molar-refractivity contribution in [2.75, 3.05) is 13.4 Å². The zero-order valence-corrected chi connectivity index (χ0v) is 13.5. The summed E-state index contributed by atoms with van der Waals surface area (Å²) >= 11 is 0. The largest absolute Gasteiger partial charge is 0.352 e. The maximum absolute atomic E-state index is 10.4. The molecule has 2 N–H and O–H groups in total. The normalized spacial score (nSPS) is 13.1. The molecule has 0 aromatic heterocycles. The van der Waals surface area contributed by atoms with Gasteiger partial charge >= 0.3 is 7.60 Å². The first-order valence-corrected chi connectivity index (χ1v) is 4.94. The Hall–Kier alpha value is 1.54. The second-order valence-electron chi connectivity index (χ2n) is 2.04. The SMILES string of the molecule is CC(=O)N(O)COOP(C)(=O)O.[Na].[Na]. The van der Waals surface area contributed by atoms with Gasteiger partial charge in [0.2, 0.25) is 5.91 Å². The second-order valence-corrected chi connectivity index (χ2v) is 3.80. The molecule has 14 heavy (non-hydrogen) atoms.